The lowest BCUT2D eigenvalue weighted by molar-refractivity contribution is 0.264. The summed E-state index contributed by atoms with van der Waals surface area (Å²) in [5.74, 6) is -0.359. The van der Waals surface area contributed by atoms with E-state index in [0.717, 1.165) is 11.1 Å². The monoisotopic (exact) mass is 234 g/mol. The molecular formula is C13H15FN2O. The Bertz CT molecular complexity index is 496. The van der Waals surface area contributed by atoms with Crippen molar-refractivity contribution in [3.63, 3.8) is 0 Å². The molecule has 0 fully saturated rings. The molecule has 1 atom stereocenters. The highest BCUT2D eigenvalue weighted by molar-refractivity contribution is 5.23. The van der Waals surface area contributed by atoms with Crippen LogP contribution in [-0.2, 0) is 13.5 Å². The van der Waals surface area contributed by atoms with E-state index in [-0.39, 0.29) is 18.3 Å². The third-order valence-electron chi connectivity index (χ3n) is 2.78. The predicted octanol–water partition coefficient (Wildman–Crippen LogP) is 1.88. The number of rotatable bonds is 4. The lowest BCUT2D eigenvalue weighted by atomic mass is 9.94. The number of benzene rings is 1. The summed E-state index contributed by atoms with van der Waals surface area (Å²) in [5.41, 5.74) is 1.85. The van der Waals surface area contributed by atoms with E-state index in [2.05, 4.69) is 5.10 Å². The van der Waals surface area contributed by atoms with E-state index >= 15 is 0 Å². The molecule has 0 spiro atoms. The van der Waals surface area contributed by atoms with Crippen molar-refractivity contribution >= 4 is 0 Å². The molecule has 3 nitrogen and oxygen atoms in total. The van der Waals surface area contributed by atoms with Crippen molar-refractivity contribution in [2.75, 3.05) is 6.61 Å². The summed E-state index contributed by atoms with van der Waals surface area (Å²) >= 11 is 0. The normalized spacial score (nSPS) is 12.6. The van der Waals surface area contributed by atoms with Crippen LogP contribution in [0.25, 0.3) is 0 Å². The predicted molar refractivity (Wildman–Crippen MR) is 63.1 cm³/mol. The molecule has 0 saturated heterocycles. The van der Waals surface area contributed by atoms with Gasteiger partial charge < -0.3 is 5.11 Å². The molecule has 0 aliphatic carbocycles. The Labute approximate surface area is 99.5 Å². The lowest BCUT2D eigenvalue weighted by Gasteiger charge is -2.13. The van der Waals surface area contributed by atoms with Crippen LogP contribution in [0.2, 0.25) is 0 Å². The third-order valence-corrected chi connectivity index (χ3v) is 2.78. The van der Waals surface area contributed by atoms with Crippen LogP contribution in [-0.4, -0.2) is 21.5 Å². The van der Waals surface area contributed by atoms with E-state index in [0.29, 0.717) is 6.42 Å². The van der Waals surface area contributed by atoms with Gasteiger partial charge in [-0.1, -0.05) is 12.1 Å². The second-order valence-electron chi connectivity index (χ2n) is 4.16. The van der Waals surface area contributed by atoms with E-state index in [9.17, 15) is 9.50 Å². The first-order chi connectivity index (χ1) is 8.19. The van der Waals surface area contributed by atoms with Gasteiger partial charge in [-0.25, -0.2) is 4.39 Å². The molecule has 0 radical (unpaired) electrons. The van der Waals surface area contributed by atoms with Gasteiger partial charge in [-0.15, -0.1) is 0 Å². The Morgan fingerprint density at radius 3 is 2.88 bits per heavy atom. The first-order valence-corrected chi connectivity index (χ1v) is 5.53. The molecule has 0 saturated carbocycles. The van der Waals surface area contributed by atoms with Gasteiger partial charge in [0.15, 0.2) is 0 Å². The van der Waals surface area contributed by atoms with Crippen LogP contribution < -0.4 is 0 Å². The standard InChI is InChI=1S/C13H15FN2O/c1-16-8-10(7-15-16)5-12(9-17)11-3-2-4-13(14)6-11/h2-4,6-8,12,17H,5,9H2,1H3. The molecule has 0 amide bonds. The molecule has 4 heteroatoms. The highest BCUT2D eigenvalue weighted by Gasteiger charge is 2.12. The minimum atomic E-state index is -0.271. The fourth-order valence-electron chi connectivity index (χ4n) is 1.91. The molecule has 1 aromatic carbocycles. The number of aromatic nitrogens is 2. The van der Waals surface area contributed by atoms with Crippen molar-refractivity contribution in [1.82, 2.24) is 9.78 Å². The molecule has 2 rings (SSSR count). The zero-order chi connectivity index (χ0) is 12.3. The number of aliphatic hydroxyl groups is 1. The minimum absolute atomic E-state index is 0.00164. The van der Waals surface area contributed by atoms with E-state index < -0.39 is 0 Å². The minimum Gasteiger partial charge on any atom is -0.396 e. The Hall–Kier alpha value is -1.68. The first kappa shape index (κ1) is 11.8. The van der Waals surface area contributed by atoms with Crippen LogP contribution in [0.1, 0.15) is 17.0 Å². The molecule has 17 heavy (non-hydrogen) atoms. The summed E-state index contributed by atoms with van der Waals surface area (Å²) in [6.07, 6.45) is 4.33. The molecule has 90 valence electrons. The Morgan fingerprint density at radius 1 is 1.47 bits per heavy atom. The number of hydrogen-bond donors (Lipinski definition) is 1. The fourth-order valence-corrected chi connectivity index (χ4v) is 1.91. The van der Waals surface area contributed by atoms with Gasteiger partial charge in [0.1, 0.15) is 5.82 Å². The smallest absolute Gasteiger partial charge is 0.123 e. The van der Waals surface area contributed by atoms with E-state index in [4.69, 9.17) is 0 Å². The summed E-state index contributed by atoms with van der Waals surface area (Å²) in [5, 5.41) is 13.5. The van der Waals surface area contributed by atoms with Gasteiger partial charge in [-0.2, -0.15) is 5.10 Å². The molecule has 0 aliphatic rings. The average molecular weight is 234 g/mol. The highest BCUT2D eigenvalue weighted by atomic mass is 19.1. The largest absolute Gasteiger partial charge is 0.396 e. The van der Waals surface area contributed by atoms with Crippen LogP contribution in [0, 0.1) is 5.82 Å². The third kappa shape index (κ3) is 2.91. The van der Waals surface area contributed by atoms with Gasteiger partial charge in [-0.05, 0) is 29.7 Å². The summed E-state index contributed by atoms with van der Waals surface area (Å²) < 4.78 is 14.8. The van der Waals surface area contributed by atoms with Crippen molar-refractivity contribution < 1.29 is 9.50 Å². The SMILES string of the molecule is Cn1cc(CC(CO)c2cccc(F)c2)cn1. The van der Waals surface area contributed by atoms with Crippen molar-refractivity contribution in [3.8, 4) is 0 Å². The maximum atomic E-state index is 13.1. The maximum absolute atomic E-state index is 13.1. The van der Waals surface area contributed by atoms with Crippen molar-refractivity contribution in [1.29, 1.82) is 0 Å². The molecule has 2 aromatic rings. The van der Waals surface area contributed by atoms with Crippen LogP contribution in [0.5, 0.6) is 0 Å². The summed E-state index contributed by atoms with van der Waals surface area (Å²) in [4.78, 5) is 0. The maximum Gasteiger partial charge on any atom is 0.123 e. The summed E-state index contributed by atoms with van der Waals surface area (Å²) in [6.45, 7) is -0.00164. The van der Waals surface area contributed by atoms with Gasteiger partial charge >= 0.3 is 0 Å². The van der Waals surface area contributed by atoms with Crippen LogP contribution >= 0.6 is 0 Å². The summed E-state index contributed by atoms with van der Waals surface area (Å²) in [7, 11) is 1.85. The Kier molecular flexibility index (Phi) is 3.54. The molecule has 1 unspecified atom stereocenters. The second-order valence-corrected chi connectivity index (χ2v) is 4.16. The second kappa shape index (κ2) is 5.10. The Morgan fingerprint density at radius 2 is 2.29 bits per heavy atom. The fraction of sp³-hybridized carbons (Fsp3) is 0.308. The Balaban J connectivity index is 2.16. The lowest BCUT2D eigenvalue weighted by Crippen LogP contribution is -2.07. The highest BCUT2D eigenvalue weighted by Crippen LogP contribution is 2.20. The van der Waals surface area contributed by atoms with E-state index in [1.165, 1.54) is 12.1 Å². The molecule has 1 aromatic heterocycles. The van der Waals surface area contributed by atoms with E-state index in [1.54, 1.807) is 16.9 Å². The van der Waals surface area contributed by atoms with Crippen LogP contribution in [0.15, 0.2) is 36.7 Å². The number of halogens is 1. The number of aryl methyl sites for hydroxylation is 1. The average Bonchev–Trinajstić information content (AvgIpc) is 2.72. The van der Waals surface area contributed by atoms with Gasteiger partial charge in [0.2, 0.25) is 0 Å². The van der Waals surface area contributed by atoms with Crippen LogP contribution in [0.3, 0.4) is 0 Å². The van der Waals surface area contributed by atoms with E-state index in [1.807, 2.05) is 19.3 Å². The van der Waals surface area contributed by atoms with Crippen molar-refractivity contribution in [3.05, 3.63) is 53.6 Å². The van der Waals surface area contributed by atoms with Crippen molar-refractivity contribution in [2.24, 2.45) is 7.05 Å². The molecule has 0 aliphatic heterocycles. The van der Waals surface area contributed by atoms with Gasteiger partial charge in [0, 0.05) is 19.2 Å². The quantitative estimate of drug-likeness (QED) is 0.877. The topological polar surface area (TPSA) is 38.0 Å². The van der Waals surface area contributed by atoms with Crippen molar-refractivity contribution in [2.45, 2.75) is 12.3 Å². The zero-order valence-corrected chi connectivity index (χ0v) is 9.68. The molecular weight excluding hydrogens is 219 g/mol. The number of aliphatic hydroxyl groups excluding tert-OH is 1. The molecule has 1 N–H and O–H groups in total. The zero-order valence-electron chi connectivity index (χ0n) is 9.68. The summed E-state index contributed by atoms with van der Waals surface area (Å²) in [6, 6.07) is 6.37. The number of nitrogens with zero attached hydrogens (tertiary/aromatic N) is 2. The van der Waals surface area contributed by atoms with Gasteiger partial charge in [0.05, 0.1) is 12.8 Å². The molecule has 0 bridgehead atoms. The van der Waals surface area contributed by atoms with Gasteiger partial charge in [-0.3, -0.25) is 4.68 Å². The van der Waals surface area contributed by atoms with Gasteiger partial charge in [0.25, 0.3) is 0 Å². The first-order valence-electron chi connectivity index (χ1n) is 5.53. The number of hydrogen-bond acceptors (Lipinski definition) is 2. The van der Waals surface area contributed by atoms with Crippen LogP contribution in [0.4, 0.5) is 4.39 Å². The molecule has 1 heterocycles.